The number of quaternary nitrogens is 1. The van der Waals surface area contributed by atoms with Gasteiger partial charge in [0.1, 0.15) is 17.9 Å². The van der Waals surface area contributed by atoms with E-state index in [2.05, 4.69) is 10.3 Å². The molecule has 1 aliphatic heterocycles. The molecule has 2 heterocycles. The second-order valence-corrected chi connectivity index (χ2v) is 7.69. The van der Waals surface area contributed by atoms with E-state index >= 15 is 0 Å². The van der Waals surface area contributed by atoms with Crippen LogP contribution in [-0.2, 0) is 6.54 Å². The molecule has 4 rings (SSSR count). The number of halogens is 1. The summed E-state index contributed by atoms with van der Waals surface area (Å²) in [6.07, 6.45) is 6.41. The predicted molar refractivity (Wildman–Crippen MR) is 102 cm³/mol. The molecule has 0 radical (unpaired) electrons. The van der Waals surface area contributed by atoms with Crippen LogP contribution in [0.3, 0.4) is 0 Å². The fraction of sp³-hybridized carbons (Fsp3) is 0.444. The highest BCUT2D eigenvalue weighted by atomic mass is 35.5. The third kappa shape index (κ3) is 3.14. The first-order valence-electron chi connectivity index (χ1n) is 8.86. The molecule has 0 spiro atoms. The molecule has 5 nitrogen and oxygen atoms in total. The van der Waals surface area contributed by atoms with Gasteiger partial charge < -0.3 is 10.2 Å². The molecule has 1 aromatic carbocycles. The van der Waals surface area contributed by atoms with Gasteiger partial charge in [-0.2, -0.15) is 0 Å². The van der Waals surface area contributed by atoms with Gasteiger partial charge in [0.25, 0.3) is 5.56 Å². The van der Waals surface area contributed by atoms with Gasteiger partial charge in [0, 0.05) is 0 Å². The van der Waals surface area contributed by atoms with E-state index in [9.17, 15) is 4.79 Å². The number of hydrogen-bond acceptors (Lipinski definition) is 3. The normalized spacial score (nSPS) is 20.8. The standard InChI is InChI=1S/C18H21ClN4OS/c19-14-8-4-5-9-15(14)23-16-13(17(24)21-18(23)25)10-22(11-20-16)12-6-2-1-3-7-12/h4-5,8-9,12,20H,1-3,6-7,10-11H2,(H,21,24,25)/p+1. The summed E-state index contributed by atoms with van der Waals surface area (Å²) >= 11 is 11.8. The molecule has 1 aromatic heterocycles. The van der Waals surface area contributed by atoms with Gasteiger partial charge in [0.2, 0.25) is 0 Å². The van der Waals surface area contributed by atoms with Crippen LogP contribution in [0.25, 0.3) is 5.69 Å². The molecule has 0 saturated heterocycles. The number of hydrogen-bond donors (Lipinski definition) is 3. The molecule has 1 atom stereocenters. The molecule has 1 aliphatic carbocycles. The molecule has 1 unspecified atom stereocenters. The molecule has 132 valence electrons. The molecule has 3 N–H and O–H groups in total. The Bertz CT molecular complexity index is 901. The second kappa shape index (κ2) is 6.94. The monoisotopic (exact) mass is 377 g/mol. The lowest BCUT2D eigenvalue weighted by molar-refractivity contribution is -0.938. The Morgan fingerprint density at radius 3 is 2.72 bits per heavy atom. The zero-order chi connectivity index (χ0) is 17.4. The zero-order valence-corrected chi connectivity index (χ0v) is 15.6. The number of fused-ring (bicyclic) bond motifs is 1. The Balaban J connectivity index is 1.77. The highest BCUT2D eigenvalue weighted by molar-refractivity contribution is 7.71. The third-order valence-electron chi connectivity index (χ3n) is 5.37. The highest BCUT2D eigenvalue weighted by Crippen LogP contribution is 2.26. The molecule has 25 heavy (non-hydrogen) atoms. The molecule has 0 amide bonds. The Morgan fingerprint density at radius 1 is 1.20 bits per heavy atom. The Hall–Kier alpha value is -1.63. The first-order chi connectivity index (χ1) is 12.1. The van der Waals surface area contributed by atoms with E-state index < -0.39 is 0 Å². The van der Waals surface area contributed by atoms with Gasteiger partial charge in [-0.05, 0) is 50.0 Å². The smallest absolute Gasteiger partial charge is 0.262 e. The summed E-state index contributed by atoms with van der Waals surface area (Å²) < 4.78 is 2.22. The van der Waals surface area contributed by atoms with Crippen molar-refractivity contribution in [2.75, 3.05) is 12.0 Å². The molecule has 2 aromatic rings. The first kappa shape index (κ1) is 16.8. The van der Waals surface area contributed by atoms with Gasteiger partial charge in [0.15, 0.2) is 11.4 Å². The first-order valence-corrected chi connectivity index (χ1v) is 9.65. The van der Waals surface area contributed by atoms with Gasteiger partial charge in [-0.25, -0.2) is 0 Å². The van der Waals surface area contributed by atoms with Gasteiger partial charge in [-0.1, -0.05) is 30.2 Å². The maximum atomic E-state index is 12.6. The third-order valence-corrected chi connectivity index (χ3v) is 5.97. The van der Waals surface area contributed by atoms with Crippen LogP contribution >= 0.6 is 23.8 Å². The molecular formula is C18H22ClN4OS+. The summed E-state index contributed by atoms with van der Waals surface area (Å²) in [7, 11) is 0. The van der Waals surface area contributed by atoms with Crippen molar-refractivity contribution in [2.45, 2.75) is 44.7 Å². The second-order valence-electron chi connectivity index (χ2n) is 6.90. The maximum absolute atomic E-state index is 12.6. The van der Waals surface area contributed by atoms with Crippen molar-refractivity contribution in [3.8, 4) is 5.69 Å². The van der Waals surface area contributed by atoms with E-state index in [0.29, 0.717) is 15.8 Å². The summed E-state index contributed by atoms with van der Waals surface area (Å²) in [5, 5.41) is 4.07. The number of para-hydroxylation sites is 1. The molecule has 0 bridgehead atoms. The van der Waals surface area contributed by atoms with Gasteiger partial charge in [-0.3, -0.25) is 14.3 Å². The molecule has 7 heteroatoms. The molecule has 2 aliphatic rings. The predicted octanol–water partition coefficient (Wildman–Crippen LogP) is 2.65. The number of aromatic nitrogens is 2. The summed E-state index contributed by atoms with van der Waals surface area (Å²) in [5.74, 6) is 0.779. The number of benzene rings is 1. The van der Waals surface area contributed by atoms with Crippen LogP contribution in [0.4, 0.5) is 5.82 Å². The van der Waals surface area contributed by atoms with Crippen molar-refractivity contribution in [1.29, 1.82) is 0 Å². The van der Waals surface area contributed by atoms with Gasteiger partial charge >= 0.3 is 0 Å². The minimum atomic E-state index is -0.0937. The highest BCUT2D eigenvalue weighted by Gasteiger charge is 2.31. The van der Waals surface area contributed by atoms with Crippen molar-refractivity contribution in [1.82, 2.24) is 9.55 Å². The van der Waals surface area contributed by atoms with Crippen molar-refractivity contribution < 1.29 is 4.90 Å². The fourth-order valence-electron chi connectivity index (χ4n) is 4.07. The van der Waals surface area contributed by atoms with Crippen LogP contribution in [0.1, 0.15) is 37.7 Å². The number of H-pyrrole nitrogens is 1. The summed E-state index contributed by atoms with van der Waals surface area (Å²) in [6.45, 7) is 1.53. The van der Waals surface area contributed by atoms with Crippen LogP contribution in [0, 0.1) is 4.77 Å². The number of rotatable bonds is 2. The van der Waals surface area contributed by atoms with E-state index in [1.165, 1.54) is 37.0 Å². The van der Waals surface area contributed by atoms with Crippen LogP contribution in [0.15, 0.2) is 29.1 Å². The lowest BCUT2D eigenvalue weighted by Gasteiger charge is -2.35. The van der Waals surface area contributed by atoms with E-state index in [-0.39, 0.29) is 5.56 Å². The Kier molecular flexibility index (Phi) is 4.67. The summed E-state index contributed by atoms with van der Waals surface area (Å²) in [6, 6.07) is 8.18. The SMILES string of the molecule is O=c1[nH]c(=S)n(-c2ccccc2Cl)c2c1C[NH+](C1CCCCC1)CN2. The molecular weight excluding hydrogens is 356 g/mol. The topological polar surface area (TPSA) is 54.3 Å². The van der Waals surface area contributed by atoms with Crippen LogP contribution in [-0.4, -0.2) is 22.3 Å². The Labute approximate surface area is 156 Å². The minimum absolute atomic E-state index is 0.0937. The number of aromatic amines is 1. The lowest BCUT2D eigenvalue weighted by atomic mass is 9.94. The average Bonchev–Trinajstić information content (AvgIpc) is 2.64. The number of nitrogens with zero attached hydrogens (tertiary/aromatic N) is 1. The van der Waals surface area contributed by atoms with Crippen LogP contribution in [0.5, 0.6) is 0 Å². The van der Waals surface area contributed by atoms with Crippen molar-refractivity contribution in [3.05, 3.63) is 50.0 Å². The van der Waals surface area contributed by atoms with E-state index in [1.807, 2.05) is 28.8 Å². The van der Waals surface area contributed by atoms with Crippen LogP contribution in [0.2, 0.25) is 5.02 Å². The van der Waals surface area contributed by atoms with Crippen LogP contribution < -0.4 is 15.8 Å². The van der Waals surface area contributed by atoms with Gasteiger partial charge in [-0.15, -0.1) is 0 Å². The van der Waals surface area contributed by atoms with Crippen molar-refractivity contribution in [2.24, 2.45) is 0 Å². The van der Waals surface area contributed by atoms with Crippen molar-refractivity contribution in [3.63, 3.8) is 0 Å². The molecule has 1 saturated carbocycles. The number of nitrogens with one attached hydrogen (secondary N) is 3. The fourth-order valence-corrected chi connectivity index (χ4v) is 4.57. The van der Waals surface area contributed by atoms with Gasteiger partial charge in [0.05, 0.1) is 16.8 Å². The van der Waals surface area contributed by atoms with Crippen molar-refractivity contribution >= 4 is 29.6 Å². The summed E-state index contributed by atoms with van der Waals surface area (Å²) in [4.78, 5) is 16.8. The largest absolute Gasteiger partial charge is 0.324 e. The Morgan fingerprint density at radius 2 is 1.96 bits per heavy atom. The summed E-state index contributed by atoms with van der Waals surface area (Å²) in [5.41, 5.74) is 1.46. The van der Waals surface area contributed by atoms with E-state index in [4.69, 9.17) is 23.8 Å². The average molecular weight is 378 g/mol. The van der Waals surface area contributed by atoms with E-state index in [1.54, 1.807) is 0 Å². The number of anilines is 1. The van der Waals surface area contributed by atoms with E-state index in [0.717, 1.165) is 30.3 Å². The minimum Gasteiger partial charge on any atom is -0.324 e. The lowest BCUT2D eigenvalue weighted by Crippen LogP contribution is -3.16. The zero-order valence-electron chi connectivity index (χ0n) is 14.0. The molecule has 1 fully saturated rings. The maximum Gasteiger partial charge on any atom is 0.262 e. The quantitative estimate of drug-likeness (QED) is 0.705.